The fourth-order valence-corrected chi connectivity index (χ4v) is 3.23. The van der Waals surface area contributed by atoms with Gasteiger partial charge in [-0.25, -0.2) is 5.43 Å². The lowest BCUT2D eigenvalue weighted by molar-refractivity contribution is -0.141. The van der Waals surface area contributed by atoms with Crippen molar-refractivity contribution >= 4 is 23.5 Å². The quantitative estimate of drug-likeness (QED) is 0.640. The summed E-state index contributed by atoms with van der Waals surface area (Å²) in [7, 11) is 0. The maximum absolute atomic E-state index is 12.4. The van der Waals surface area contributed by atoms with Gasteiger partial charge in [-0.2, -0.15) is 5.10 Å². The van der Waals surface area contributed by atoms with Crippen molar-refractivity contribution in [1.82, 2.24) is 10.7 Å². The summed E-state index contributed by atoms with van der Waals surface area (Å²) < 4.78 is 0. The predicted octanol–water partition coefficient (Wildman–Crippen LogP) is 2.37. The first-order valence-corrected chi connectivity index (χ1v) is 9.46. The average Bonchev–Trinajstić information content (AvgIpc) is 3.15. The van der Waals surface area contributed by atoms with Gasteiger partial charge < -0.3 is 10.4 Å². The highest BCUT2D eigenvalue weighted by Gasteiger charge is 2.26. The molecular formula is C22H23N3O4. The van der Waals surface area contributed by atoms with Crippen LogP contribution in [0.2, 0.25) is 0 Å². The first-order chi connectivity index (χ1) is 13.9. The molecule has 29 heavy (non-hydrogen) atoms. The molecule has 2 aromatic carbocycles. The second kappa shape index (κ2) is 9.14. The fourth-order valence-electron chi connectivity index (χ4n) is 3.23. The van der Waals surface area contributed by atoms with Gasteiger partial charge in [0, 0.05) is 6.04 Å². The number of hydrazone groups is 1. The first kappa shape index (κ1) is 20.3. The highest BCUT2D eigenvalue weighted by atomic mass is 16.4. The van der Waals surface area contributed by atoms with Gasteiger partial charge >= 0.3 is 5.97 Å². The zero-order valence-electron chi connectivity index (χ0n) is 16.1. The monoisotopic (exact) mass is 393 g/mol. The molecule has 0 fully saturated rings. The number of benzene rings is 2. The SMILES string of the molecule is C[C@H](CC(Cc1ccc(-c2ccccc2)cc1)NC(=O)C1=NNC(=O)C1)C(=O)O. The Morgan fingerprint density at radius 3 is 2.34 bits per heavy atom. The van der Waals surface area contributed by atoms with Gasteiger partial charge in [-0.15, -0.1) is 0 Å². The van der Waals surface area contributed by atoms with Crippen molar-refractivity contribution in [1.29, 1.82) is 0 Å². The minimum absolute atomic E-state index is 0.0706. The number of carbonyl (C=O) groups excluding carboxylic acids is 2. The molecule has 0 saturated heterocycles. The molecule has 7 nitrogen and oxygen atoms in total. The zero-order valence-corrected chi connectivity index (χ0v) is 16.1. The summed E-state index contributed by atoms with van der Waals surface area (Å²) in [6.45, 7) is 1.61. The number of rotatable bonds is 8. The molecule has 0 radical (unpaired) electrons. The summed E-state index contributed by atoms with van der Waals surface area (Å²) in [6, 6.07) is 17.6. The van der Waals surface area contributed by atoms with Crippen molar-refractivity contribution in [2.75, 3.05) is 0 Å². The average molecular weight is 393 g/mol. The molecule has 7 heteroatoms. The number of aliphatic carboxylic acids is 1. The molecule has 1 aliphatic heterocycles. The van der Waals surface area contributed by atoms with Gasteiger partial charge in [0.25, 0.3) is 5.91 Å². The number of carboxylic acid groups (broad SMARTS) is 1. The highest BCUT2D eigenvalue weighted by Crippen LogP contribution is 2.20. The van der Waals surface area contributed by atoms with Crippen molar-refractivity contribution in [3.05, 3.63) is 60.2 Å². The van der Waals surface area contributed by atoms with E-state index in [2.05, 4.69) is 15.8 Å². The van der Waals surface area contributed by atoms with E-state index in [1.807, 2.05) is 54.6 Å². The van der Waals surface area contributed by atoms with E-state index >= 15 is 0 Å². The van der Waals surface area contributed by atoms with E-state index in [-0.39, 0.29) is 24.5 Å². The maximum atomic E-state index is 12.4. The lowest BCUT2D eigenvalue weighted by atomic mass is 9.94. The Labute approximate surface area is 168 Å². The Hall–Kier alpha value is -3.48. The number of nitrogens with zero attached hydrogens (tertiary/aromatic N) is 1. The van der Waals surface area contributed by atoms with E-state index in [0.29, 0.717) is 6.42 Å². The maximum Gasteiger partial charge on any atom is 0.306 e. The van der Waals surface area contributed by atoms with Gasteiger partial charge in [0.15, 0.2) is 0 Å². The Morgan fingerprint density at radius 2 is 1.76 bits per heavy atom. The minimum Gasteiger partial charge on any atom is -0.481 e. The zero-order chi connectivity index (χ0) is 20.8. The molecule has 1 aliphatic rings. The van der Waals surface area contributed by atoms with Gasteiger partial charge in [0.05, 0.1) is 12.3 Å². The third kappa shape index (κ3) is 5.51. The smallest absolute Gasteiger partial charge is 0.306 e. The second-order valence-electron chi connectivity index (χ2n) is 7.18. The van der Waals surface area contributed by atoms with Crippen molar-refractivity contribution in [3.63, 3.8) is 0 Å². The highest BCUT2D eigenvalue weighted by molar-refractivity contribution is 6.43. The van der Waals surface area contributed by atoms with E-state index in [1.54, 1.807) is 6.92 Å². The van der Waals surface area contributed by atoms with Crippen LogP contribution < -0.4 is 10.7 Å². The number of carbonyl (C=O) groups is 3. The van der Waals surface area contributed by atoms with E-state index in [9.17, 15) is 19.5 Å². The molecule has 3 rings (SSSR count). The Balaban J connectivity index is 1.71. The summed E-state index contributed by atoms with van der Waals surface area (Å²) in [4.78, 5) is 35.0. The molecule has 1 heterocycles. The number of hydrogen-bond donors (Lipinski definition) is 3. The number of hydrogen-bond acceptors (Lipinski definition) is 4. The number of carboxylic acids is 1. The second-order valence-corrected chi connectivity index (χ2v) is 7.18. The first-order valence-electron chi connectivity index (χ1n) is 9.46. The Morgan fingerprint density at radius 1 is 1.10 bits per heavy atom. The predicted molar refractivity (Wildman–Crippen MR) is 109 cm³/mol. The molecule has 0 aliphatic carbocycles. The molecular weight excluding hydrogens is 370 g/mol. The van der Waals surface area contributed by atoms with Crippen LogP contribution in [-0.4, -0.2) is 34.6 Å². The van der Waals surface area contributed by atoms with Crippen LogP contribution in [0.15, 0.2) is 59.7 Å². The molecule has 2 amide bonds. The third-order valence-corrected chi connectivity index (χ3v) is 4.84. The molecule has 2 atom stereocenters. The Kier molecular flexibility index (Phi) is 6.39. The van der Waals surface area contributed by atoms with Crippen LogP contribution >= 0.6 is 0 Å². The summed E-state index contributed by atoms with van der Waals surface area (Å²) in [6.07, 6.45) is 0.683. The van der Waals surface area contributed by atoms with Gasteiger partial charge in [-0.05, 0) is 29.5 Å². The molecule has 2 aromatic rings. The van der Waals surface area contributed by atoms with E-state index < -0.39 is 23.8 Å². The van der Waals surface area contributed by atoms with Gasteiger partial charge in [-0.1, -0.05) is 61.5 Å². The topological polar surface area (TPSA) is 108 Å². The van der Waals surface area contributed by atoms with Crippen molar-refractivity contribution in [3.8, 4) is 11.1 Å². The van der Waals surface area contributed by atoms with Crippen LogP contribution in [0.3, 0.4) is 0 Å². The van der Waals surface area contributed by atoms with Crippen LogP contribution in [0, 0.1) is 5.92 Å². The lowest BCUT2D eigenvalue weighted by Crippen LogP contribution is -2.41. The Bertz CT molecular complexity index is 923. The van der Waals surface area contributed by atoms with Crippen molar-refractivity contribution in [2.24, 2.45) is 11.0 Å². The van der Waals surface area contributed by atoms with Gasteiger partial charge in [0.1, 0.15) is 5.71 Å². The molecule has 0 bridgehead atoms. The molecule has 3 N–H and O–H groups in total. The molecule has 0 spiro atoms. The summed E-state index contributed by atoms with van der Waals surface area (Å²) in [5.74, 6) is -2.32. The molecule has 1 unspecified atom stereocenters. The molecule has 0 saturated carbocycles. The van der Waals surface area contributed by atoms with Gasteiger partial charge in [-0.3, -0.25) is 14.4 Å². The lowest BCUT2D eigenvalue weighted by Gasteiger charge is -2.21. The van der Waals surface area contributed by atoms with Gasteiger partial charge in [0.2, 0.25) is 5.91 Å². The summed E-state index contributed by atoms with van der Waals surface area (Å²) in [5.41, 5.74) is 5.54. The van der Waals surface area contributed by atoms with Crippen LogP contribution in [-0.2, 0) is 20.8 Å². The van der Waals surface area contributed by atoms with Crippen LogP contribution in [0.4, 0.5) is 0 Å². The van der Waals surface area contributed by atoms with E-state index in [0.717, 1.165) is 16.7 Å². The van der Waals surface area contributed by atoms with E-state index in [1.165, 1.54) is 0 Å². The molecule has 150 valence electrons. The minimum atomic E-state index is -0.918. The van der Waals surface area contributed by atoms with Crippen LogP contribution in [0.1, 0.15) is 25.3 Å². The largest absolute Gasteiger partial charge is 0.481 e. The van der Waals surface area contributed by atoms with Crippen molar-refractivity contribution < 1.29 is 19.5 Å². The standard InChI is InChI=1S/C22H23N3O4/c1-14(22(28)29)11-18(23-21(27)19-13-20(26)25-24-19)12-15-7-9-17(10-8-15)16-5-3-2-4-6-16/h2-10,14,18H,11-13H2,1H3,(H,23,27)(H,25,26)(H,28,29)/t14-,18?/m1/s1. The fraction of sp³-hybridized carbons (Fsp3) is 0.273. The van der Waals surface area contributed by atoms with Crippen LogP contribution in [0.25, 0.3) is 11.1 Å². The van der Waals surface area contributed by atoms with E-state index in [4.69, 9.17) is 0 Å². The van der Waals surface area contributed by atoms with Crippen LogP contribution in [0.5, 0.6) is 0 Å². The molecule has 0 aromatic heterocycles. The number of nitrogens with one attached hydrogen (secondary N) is 2. The normalized spacial score (nSPS) is 15.2. The summed E-state index contributed by atoms with van der Waals surface area (Å²) in [5, 5.41) is 15.8. The van der Waals surface area contributed by atoms with Crippen molar-refractivity contribution in [2.45, 2.75) is 32.2 Å². The third-order valence-electron chi connectivity index (χ3n) is 4.84. The summed E-state index contributed by atoms with van der Waals surface area (Å²) >= 11 is 0. The number of amides is 2.